The molecule has 3 saturated carbocycles. The van der Waals surface area contributed by atoms with E-state index in [0.29, 0.717) is 35.5 Å². The van der Waals surface area contributed by atoms with Crippen molar-refractivity contribution in [1.82, 2.24) is 5.06 Å². The molecule has 0 aromatic carbocycles. The first-order valence-electron chi connectivity index (χ1n) is 13.6. The number of allylic oxidation sites excluding steroid dienone is 4. The molecule has 1 heterocycles. The first-order chi connectivity index (χ1) is 18.8. The van der Waals surface area contributed by atoms with E-state index in [1.807, 2.05) is 19.9 Å². The largest absolute Gasteiger partial charge is 0.390 e. The van der Waals surface area contributed by atoms with Crippen LogP contribution < -0.4 is 0 Å². The number of aliphatic hydroxyl groups excluding tert-OH is 1. The highest BCUT2D eigenvalue weighted by molar-refractivity contribution is 8.13. The monoisotopic (exact) mass is 617 g/mol. The molecule has 1 aromatic heterocycles. The van der Waals surface area contributed by atoms with Gasteiger partial charge in [0.05, 0.1) is 17.0 Å². The van der Waals surface area contributed by atoms with E-state index in [1.54, 1.807) is 20.0 Å². The summed E-state index contributed by atoms with van der Waals surface area (Å²) < 4.78 is 47.7. The molecule has 5 rings (SSSR count). The van der Waals surface area contributed by atoms with Crippen LogP contribution in [0.2, 0.25) is 4.34 Å². The fourth-order valence-corrected chi connectivity index (χ4v) is 10.4. The molecule has 4 aliphatic carbocycles. The first kappa shape index (κ1) is 30.3. The summed E-state index contributed by atoms with van der Waals surface area (Å²) in [6, 6.07) is 2.66. The SMILES string of the molecule is CC[C@@H]1C[C@H]2[C@@H]3C[C@H](F)C4=CC(=O)C=C[C@]4(C)[C@@]3(F)[C@@H](O)C[C@]2(C)[C@@]1(ON(C)Cc1ccc(Cl)s1)C(=O)SCF. The molecule has 9 atom stereocenters. The standard InChI is InChI=1S/C29H35ClF3NO4S2/c1-5-16-10-19-20-12-22(32)21-11-17(35)8-9-26(21,2)28(20,33)23(36)13-27(19,3)29(16,25(37)39-15-31)38-34(4)14-18-6-7-24(30)40-18/h6-9,11,16,19-20,22-23,36H,5,10,12-15H2,1-4H3/t16-,19+,20+,22+,23+,26+,27+,28+,29+/m1/s1. The summed E-state index contributed by atoms with van der Waals surface area (Å²) in [6.45, 7) is 5.57. The third-order valence-corrected chi connectivity index (χ3v) is 12.2. The van der Waals surface area contributed by atoms with Gasteiger partial charge in [0.15, 0.2) is 17.1 Å². The third-order valence-electron chi connectivity index (χ3n) is 10.3. The molecule has 0 saturated heterocycles. The Morgan fingerprint density at radius 3 is 2.65 bits per heavy atom. The lowest BCUT2D eigenvalue weighted by Gasteiger charge is -2.63. The number of thiophene rings is 1. The molecule has 0 spiro atoms. The van der Waals surface area contributed by atoms with Crippen LogP contribution in [0.5, 0.6) is 0 Å². The second-order valence-electron chi connectivity index (χ2n) is 12.1. The number of fused-ring (bicyclic) bond motifs is 5. The second kappa shape index (κ2) is 10.5. The summed E-state index contributed by atoms with van der Waals surface area (Å²) in [5.74, 6) is -2.33. The van der Waals surface area contributed by atoms with E-state index in [-0.39, 0.29) is 18.4 Å². The number of rotatable bonds is 7. The molecule has 220 valence electrons. The quantitative estimate of drug-likeness (QED) is 0.346. The second-order valence-corrected chi connectivity index (χ2v) is 14.7. The number of carbonyl (C=O) groups is 2. The maximum Gasteiger partial charge on any atom is 0.226 e. The Morgan fingerprint density at radius 1 is 1.30 bits per heavy atom. The van der Waals surface area contributed by atoms with E-state index >= 15 is 8.78 Å². The van der Waals surface area contributed by atoms with Crippen molar-refractivity contribution in [2.45, 2.75) is 76.5 Å². The number of ketones is 1. The highest BCUT2D eigenvalue weighted by Gasteiger charge is 2.78. The minimum Gasteiger partial charge on any atom is -0.390 e. The Balaban J connectivity index is 1.60. The van der Waals surface area contributed by atoms with Gasteiger partial charge < -0.3 is 5.11 Å². The fraction of sp³-hybridized carbons (Fsp3) is 0.655. The maximum atomic E-state index is 17.6. The van der Waals surface area contributed by atoms with Crippen LogP contribution in [0.4, 0.5) is 13.2 Å². The highest BCUT2D eigenvalue weighted by Crippen LogP contribution is 2.72. The lowest BCUT2D eigenvalue weighted by molar-refractivity contribution is -0.292. The van der Waals surface area contributed by atoms with E-state index in [9.17, 15) is 19.1 Å². The summed E-state index contributed by atoms with van der Waals surface area (Å²) in [7, 11) is 1.69. The van der Waals surface area contributed by atoms with Gasteiger partial charge in [0.1, 0.15) is 12.2 Å². The van der Waals surface area contributed by atoms with Crippen LogP contribution in [0, 0.1) is 28.6 Å². The van der Waals surface area contributed by atoms with E-state index < -0.39 is 69.0 Å². The summed E-state index contributed by atoms with van der Waals surface area (Å²) >= 11 is 7.99. The summed E-state index contributed by atoms with van der Waals surface area (Å²) in [6.07, 6.45) is 1.11. The van der Waals surface area contributed by atoms with Gasteiger partial charge in [-0.3, -0.25) is 14.4 Å². The number of nitrogens with zero attached hydrogens (tertiary/aromatic N) is 1. The van der Waals surface area contributed by atoms with Crippen LogP contribution in [0.3, 0.4) is 0 Å². The van der Waals surface area contributed by atoms with E-state index in [4.69, 9.17) is 16.4 Å². The summed E-state index contributed by atoms with van der Waals surface area (Å²) in [5, 5.41) is 12.7. The lowest BCUT2D eigenvalue weighted by Crippen LogP contribution is -2.71. The number of hydrogen-bond acceptors (Lipinski definition) is 7. The van der Waals surface area contributed by atoms with Gasteiger partial charge in [-0.25, -0.2) is 13.2 Å². The molecule has 0 aliphatic heterocycles. The zero-order chi connectivity index (χ0) is 29.3. The first-order valence-corrected chi connectivity index (χ1v) is 15.8. The van der Waals surface area contributed by atoms with E-state index in [0.717, 1.165) is 11.0 Å². The minimum absolute atomic E-state index is 0.0485. The van der Waals surface area contributed by atoms with Gasteiger partial charge in [-0.15, -0.1) is 11.3 Å². The number of thioether (sulfide) groups is 1. The van der Waals surface area contributed by atoms with Gasteiger partial charge in [-0.1, -0.05) is 43.3 Å². The van der Waals surface area contributed by atoms with Crippen molar-refractivity contribution in [2.24, 2.45) is 28.6 Å². The zero-order valence-electron chi connectivity index (χ0n) is 23.0. The molecule has 11 heteroatoms. The predicted octanol–water partition coefficient (Wildman–Crippen LogP) is 6.65. The molecule has 5 nitrogen and oxygen atoms in total. The number of alkyl halides is 3. The molecule has 0 amide bonds. The average Bonchev–Trinajstić information content (AvgIpc) is 3.40. The highest BCUT2D eigenvalue weighted by atomic mass is 35.5. The molecular formula is C29H35ClF3NO4S2. The molecular weight excluding hydrogens is 583 g/mol. The zero-order valence-corrected chi connectivity index (χ0v) is 25.4. The van der Waals surface area contributed by atoms with Crippen molar-refractivity contribution >= 4 is 45.6 Å². The van der Waals surface area contributed by atoms with Crippen molar-refractivity contribution in [3.63, 3.8) is 0 Å². The van der Waals surface area contributed by atoms with Crippen molar-refractivity contribution in [2.75, 3.05) is 13.1 Å². The minimum atomic E-state index is -2.27. The van der Waals surface area contributed by atoms with Crippen LogP contribution >= 0.6 is 34.7 Å². The lowest BCUT2D eigenvalue weighted by atomic mass is 9.44. The van der Waals surface area contributed by atoms with Crippen LogP contribution in [0.15, 0.2) is 35.9 Å². The molecule has 1 N–H and O–H groups in total. The smallest absolute Gasteiger partial charge is 0.226 e. The molecule has 4 aliphatic rings. The Morgan fingerprint density at radius 2 is 2.02 bits per heavy atom. The Labute approximate surface area is 246 Å². The third kappa shape index (κ3) is 4.14. The van der Waals surface area contributed by atoms with Gasteiger partial charge >= 0.3 is 0 Å². The number of hydrogen-bond donors (Lipinski definition) is 1. The van der Waals surface area contributed by atoms with Crippen molar-refractivity contribution < 1.29 is 32.7 Å². The van der Waals surface area contributed by atoms with Crippen LogP contribution in [0.25, 0.3) is 0 Å². The van der Waals surface area contributed by atoms with Gasteiger partial charge in [-0.2, -0.15) is 5.06 Å². The molecule has 0 unspecified atom stereocenters. The number of halogens is 4. The number of hydroxylamine groups is 2. The number of carbonyl (C=O) groups excluding carboxylic acids is 2. The van der Waals surface area contributed by atoms with Crippen molar-refractivity contribution in [3.8, 4) is 0 Å². The Bertz CT molecular complexity index is 1260. The van der Waals surface area contributed by atoms with E-state index in [1.165, 1.54) is 28.6 Å². The summed E-state index contributed by atoms with van der Waals surface area (Å²) in [4.78, 5) is 33.6. The molecule has 40 heavy (non-hydrogen) atoms. The average molecular weight is 618 g/mol. The predicted molar refractivity (Wildman–Crippen MR) is 151 cm³/mol. The normalized spacial score (nSPS) is 42.4. The fourth-order valence-electron chi connectivity index (χ4n) is 8.51. The Hall–Kier alpha value is -1.17. The van der Waals surface area contributed by atoms with Crippen LogP contribution in [-0.4, -0.2) is 57.7 Å². The van der Waals surface area contributed by atoms with Crippen molar-refractivity contribution in [3.05, 3.63) is 45.1 Å². The van der Waals surface area contributed by atoms with E-state index in [2.05, 4.69) is 0 Å². The topological polar surface area (TPSA) is 66.8 Å². The van der Waals surface area contributed by atoms with Crippen LogP contribution in [0.1, 0.15) is 51.3 Å². The van der Waals surface area contributed by atoms with Gasteiger partial charge in [-0.05, 0) is 74.3 Å². The molecule has 0 bridgehead atoms. The maximum absolute atomic E-state index is 17.6. The Kier molecular flexibility index (Phi) is 7.97. The summed E-state index contributed by atoms with van der Waals surface area (Å²) in [5.41, 5.74) is -6.45. The van der Waals surface area contributed by atoms with Gasteiger partial charge in [0, 0.05) is 28.7 Å². The molecule has 1 aromatic rings. The van der Waals surface area contributed by atoms with Crippen molar-refractivity contribution in [1.29, 1.82) is 0 Å². The number of aliphatic hydroxyl groups is 1. The molecule has 3 fully saturated rings. The van der Waals surface area contributed by atoms with Gasteiger partial charge in [0.25, 0.3) is 0 Å². The molecule has 0 radical (unpaired) electrons. The van der Waals surface area contributed by atoms with Crippen LogP contribution in [-0.2, 0) is 21.0 Å². The van der Waals surface area contributed by atoms with Gasteiger partial charge in [0.2, 0.25) is 5.12 Å².